The summed E-state index contributed by atoms with van der Waals surface area (Å²) in [5.74, 6) is -0.174. The summed E-state index contributed by atoms with van der Waals surface area (Å²) >= 11 is 0. The Morgan fingerprint density at radius 2 is 1.96 bits per heavy atom. The van der Waals surface area contributed by atoms with Gasteiger partial charge >= 0.3 is 6.61 Å². The van der Waals surface area contributed by atoms with E-state index in [-0.39, 0.29) is 10.6 Å². The molecule has 7 heteroatoms. The molecule has 0 saturated carbocycles. The van der Waals surface area contributed by atoms with E-state index in [4.69, 9.17) is 0 Å². The Kier molecular flexibility index (Phi) is 4.45. The van der Waals surface area contributed by atoms with Gasteiger partial charge in [-0.05, 0) is 43.5 Å². The van der Waals surface area contributed by atoms with Crippen LogP contribution in [-0.4, -0.2) is 21.6 Å². The van der Waals surface area contributed by atoms with Crippen LogP contribution in [0.25, 0.3) is 0 Å². The zero-order valence-corrected chi connectivity index (χ0v) is 13.9. The Bertz CT molecular complexity index is 853. The third-order valence-corrected chi connectivity index (χ3v) is 5.74. The minimum atomic E-state index is -3.84. The number of fused-ring (bicyclic) bond motifs is 1. The van der Waals surface area contributed by atoms with Crippen molar-refractivity contribution in [1.82, 2.24) is 0 Å². The third kappa shape index (κ3) is 3.21. The topological polar surface area (TPSA) is 46.6 Å². The van der Waals surface area contributed by atoms with Crippen molar-refractivity contribution in [1.29, 1.82) is 0 Å². The van der Waals surface area contributed by atoms with Crippen molar-refractivity contribution in [3.05, 3.63) is 53.6 Å². The van der Waals surface area contributed by atoms with Crippen molar-refractivity contribution in [3.63, 3.8) is 0 Å². The number of alkyl halides is 2. The Balaban J connectivity index is 2.01. The van der Waals surface area contributed by atoms with Gasteiger partial charge in [0.1, 0.15) is 5.75 Å². The number of sulfonamides is 1. The van der Waals surface area contributed by atoms with Crippen molar-refractivity contribution in [2.45, 2.75) is 31.3 Å². The summed E-state index contributed by atoms with van der Waals surface area (Å²) < 4.78 is 56.3. The number of nitrogens with zero attached hydrogens (tertiary/aromatic N) is 1. The van der Waals surface area contributed by atoms with E-state index in [0.717, 1.165) is 23.6 Å². The van der Waals surface area contributed by atoms with Crippen LogP contribution in [0.15, 0.2) is 47.4 Å². The maximum atomic E-state index is 13.0. The van der Waals surface area contributed by atoms with E-state index >= 15 is 0 Å². The summed E-state index contributed by atoms with van der Waals surface area (Å²) in [5.41, 5.74) is 2.69. The Hall–Kier alpha value is -2.15. The Labute approximate surface area is 139 Å². The highest BCUT2D eigenvalue weighted by atomic mass is 32.2. The molecule has 0 aliphatic carbocycles. The molecule has 0 fully saturated rings. The fraction of sp³-hybridized carbons (Fsp3) is 0.294. The summed E-state index contributed by atoms with van der Waals surface area (Å²) in [6.07, 6.45) is 1.53. The van der Waals surface area contributed by atoms with Crippen LogP contribution in [0.5, 0.6) is 5.75 Å². The van der Waals surface area contributed by atoms with E-state index in [9.17, 15) is 17.2 Å². The maximum absolute atomic E-state index is 13.0. The van der Waals surface area contributed by atoms with Crippen molar-refractivity contribution in [3.8, 4) is 5.75 Å². The second-order valence-corrected chi connectivity index (χ2v) is 7.53. The molecule has 2 aromatic carbocycles. The summed E-state index contributed by atoms with van der Waals surface area (Å²) in [7, 11) is -3.84. The van der Waals surface area contributed by atoms with Gasteiger partial charge in [-0.15, -0.1) is 0 Å². The second kappa shape index (κ2) is 6.39. The van der Waals surface area contributed by atoms with Crippen molar-refractivity contribution < 1.29 is 21.9 Å². The molecule has 2 aromatic rings. The summed E-state index contributed by atoms with van der Waals surface area (Å²) in [5, 5.41) is 0. The smallest absolute Gasteiger partial charge is 0.387 e. The second-order valence-electron chi connectivity index (χ2n) is 5.67. The molecule has 0 N–H and O–H groups in total. The molecular weight excluding hydrogens is 336 g/mol. The van der Waals surface area contributed by atoms with Crippen LogP contribution in [0, 0.1) is 6.92 Å². The van der Waals surface area contributed by atoms with Crippen molar-refractivity contribution >= 4 is 15.7 Å². The molecule has 0 amide bonds. The Morgan fingerprint density at radius 3 is 2.71 bits per heavy atom. The molecule has 4 nitrogen and oxygen atoms in total. The van der Waals surface area contributed by atoms with Gasteiger partial charge in [0.2, 0.25) is 0 Å². The number of aryl methyl sites for hydroxylation is 2. The molecule has 128 valence electrons. The average molecular weight is 353 g/mol. The fourth-order valence-corrected chi connectivity index (χ4v) is 4.46. The zero-order chi connectivity index (χ0) is 17.3. The van der Waals surface area contributed by atoms with Crippen LogP contribution < -0.4 is 9.04 Å². The van der Waals surface area contributed by atoms with E-state index in [2.05, 4.69) is 4.74 Å². The predicted octanol–water partition coefficient (Wildman–Crippen LogP) is 3.74. The van der Waals surface area contributed by atoms with Gasteiger partial charge in [0.25, 0.3) is 10.0 Å². The lowest BCUT2D eigenvalue weighted by molar-refractivity contribution is -0.0499. The van der Waals surface area contributed by atoms with Crippen LogP contribution in [0.2, 0.25) is 0 Å². The number of rotatable bonds is 4. The van der Waals surface area contributed by atoms with Crippen LogP contribution >= 0.6 is 0 Å². The molecule has 0 unspecified atom stereocenters. The van der Waals surface area contributed by atoms with Crippen LogP contribution in [-0.2, 0) is 16.4 Å². The first kappa shape index (κ1) is 16.7. The molecule has 1 aliphatic rings. The first-order chi connectivity index (χ1) is 11.4. The number of benzene rings is 2. The van der Waals surface area contributed by atoms with Gasteiger partial charge < -0.3 is 4.74 Å². The first-order valence-electron chi connectivity index (χ1n) is 7.55. The van der Waals surface area contributed by atoms with Crippen LogP contribution in [0.3, 0.4) is 0 Å². The van der Waals surface area contributed by atoms with Gasteiger partial charge in [0.15, 0.2) is 0 Å². The van der Waals surface area contributed by atoms with E-state index < -0.39 is 16.6 Å². The highest BCUT2D eigenvalue weighted by molar-refractivity contribution is 7.92. The number of hydrogen-bond acceptors (Lipinski definition) is 3. The molecule has 1 aliphatic heterocycles. The summed E-state index contributed by atoms with van der Waals surface area (Å²) in [6.45, 7) is -0.682. The van der Waals surface area contributed by atoms with Gasteiger partial charge in [-0.3, -0.25) is 4.31 Å². The van der Waals surface area contributed by atoms with Crippen LogP contribution in [0.1, 0.15) is 17.5 Å². The lowest BCUT2D eigenvalue weighted by atomic mass is 10.0. The SMILES string of the molecule is Cc1ccc2c(c1)CCCN2S(=O)(=O)c1cccc(OC(F)F)c1. The minimum Gasteiger partial charge on any atom is -0.435 e. The number of halogens is 2. The van der Waals surface area contributed by atoms with E-state index in [1.54, 1.807) is 6.07 Å². The van der Waals surface area contributed by atoms with Crippen LogP contribution in [0.4, 0.5) is 14.5 Å². The molecule has 0 atom stereocenters. The molecule has 0 spiro atoms. The van der Waals surface area contributed by atoms with E-state index in [0.29, 0.717) is 18.7 Å². The fourth-order valence-electron chi connectivity index (χ4n) is 2.88. The van der Waals surface area contributed by atoms with Gasteiger partial charge in [-0.2, -0.15) is 8.78 Å². The zero-order valence-electron chi connectivity index (χ0n) is 13.1. The Morgan fingerprint density at radius 1 is 1.17 bits per heavy atom. The summed E-state index contributed by atoms with van der Waals surface area (Å²) in [6, 6.07) is 10.8. The van der Waals surface area contributed by atoms with Gasteiger partial charge in [0, 0.05) is 12.6 Å². The molecule has 0 bridgehead atoms. The molecule has 0 saturated heterocycles. The highest BCUT2D eigenvalue weighted by Crippen LogP contribution is 2.33. The lowest BCUT2D eigenvalue weighted by Crippen LogP contribution is -2.35. The quantitative estimate of drug-likeness (QED) is 0.841. The number of anilines is 1. The van der Waals surface area contributed by atoms with Crippen molar-refractivity contribution in [2.75, 3.05) is 10.8 Å². The number of ether oxygens (including phenoxy) is 1. The van der Waals surface area contributed by atoms with Gasteiger partial charge in [0.05, 0.1) is 10.6 Å². The molecule has 3 rings (SSSR count). The maximum Gasteiger partial charge on any atom is 0.387 e. The third-order valence-electron chi connectivity index (χ3n) is 3.93. The standard InChI is InChI=1S/C17H17F2NO3S/c1-12-7-8-16-13(10-12)4-3-9-20(16)24(21,22)15-6-2-5-14(11-15)23-17(18)19/h2,5-8,10-11,17H,3-4,9H2,1H3. The van der Waals surface area contributed by atoms with E-state index in [1.165, 1.54) is 22.5 Å². The molecule has 0 radical (unpaired) electrons. The highest BCUT2D eigenvalue weighted by Gasteiger charge is 2.29. The minimum absolute atomic E-state index is 0.0610. The average Bonchev–Trinajstić information content (AvgIpc) is 2.53. The normalized spacial score (nSPS) is 14.6. The van der Waals surface area contributed by atoms with Crippen molar-refractivity contribution in [2.24, 2.45) is 0 Å². The lowest BCUT2D eigenvalue weighted by Gasteiger charge is -2.30. The predicted molar refractivity (Wildman–Crippen MR) is 87.1 cm³/mol. The summed E-state index contributed by atoms with van der Waals surface area (Å²) in [4.78, 5) is -0.0610. The van der Waals surface area contributed by atoms with E-state index in [1.807, 2.05) is 19.1 Å². The molecule has 0 aromatic heterocycles. The van der Waals surface area contributed by atoms with Gasteiger partial charge in [-0.25, -0.2) is 8.42 Å². The monoisotopic (exact) mass is 353 g/mol. The van der Waals surface area contributed by atoms with Gasteiger partial charge in [-0.1, -0.05) is 23.8 Å². The molecular formula is C17H17F2NO3S. The molecule has 24 heavy (non-hydrogen) atoms. The molecule has 1 heterocycles. The largest absolute Gasteiger partial charge is 0.435 e. The first-order valence-corrected chi connectivity index (χ1v) is 8.99. The number of hydrogen-bond donors (Lipinski definition) is 0.